The van der Waals surface area contributed by atoms with Gasteiger partial charge in [0, 0.05) is 32.7 Å². The number of allylic oxidation sites excluding steroid dienone is 3. The molecule has 0 bridgehead atoms. The van der Waals surface area contributed by atoms with E-state index in [1.54, 1.807) is 24.3 Å². The van der Waals surface area contributed by atoms with Gasteiger partial charge in [-0.25, -0.2) is 8.78 Å². The number of ether oxygens (including phenoxy) is 1. The summed E-state index contributed by atoms with van der Waals surface area (Å²) in [5.74, 6) is 0.523. The third-order valence-electron chi connectivity index (χ3n) is 2.96. The second-order valence-corrected chi connectivity index (χ2v) is 4.81. The van der Waals surface area contributed by atoms with Crippen molar-refractivity contribution < 1.29 is 46.2 Å². The molecule has 0 aromatic heterocycles. The predicted octanol–water partition coefficient (Wildman–Crippen LogP) is 3.95. The van der Waals surface area contributed by atoms with Crippen LogP contribution >= 0.6 is 11.6 Å². The van der Waals surface area contributed by atoms with Gasteiger partial charge in [0.05, 0.1) is 6.54 Å². The summed E-state index contributed by atoms with van der Waals surface area (Å²) >= 11 is 5.93. The van der Waals surface area contributed by atoms with Crippen molar-refractivity contribution >= 4 is 17.3 Å². The second-order valence-electron chi connectivity index (χ2n) is 4.40. The Bertz CT molecular complexity index is 666. The van der Waals surface area contributed by atoms with Gasteiger partial charge in [0.1, 0.15) is 11.8 Å². The molecule has 0 spiro atoms. The van der Waals surface area contributed by atoms with Crippen LogP contribution in [0.25, 0.3) is 5.70 Å². The third kappa shape index (κ3) is 5.14. The molecule has 3 nitrogen and oxygen atoms in total. The Kier molecular flexibility index (Phi) is 7.91. The molecular formula is C16H12ClF2N2OY-. The number of nitrogens with zero attached hydrogens (tertiary/aromatic N) is 2. The zero-order valence-corrected chi connectivity index (χ0v) is 15.7. The molecule has 0 fully saturated rings. The summed E-state index contributed by atoms with van der Waals surface area (Å²) in [7, 11) is 0. The van der Waals surface area contributed by atoms with E-state index in [2.05, 4.69) is 12.7 Å². The number of hydrogen-bond donors (Lipinski definition) is 0. The number of nitriles is 1. The smallest absolute Gasteiger partial charge is 0.256 e. The van der Waals surface area contributed by atoms with Crippen molar-refractivity contribution in [2.24, 2.45) is 0 Å². The molecule has 1 heterocycles. The van der Waals surface area contributed by atoms with Gasteiger partial charge in [-0.2, -0.15) is 29.0 Å². The molecule has 7 heteroatoms. The maximum absolute atomic E-state index is 12.8. The van der Waals surface area contributed by atoms with Crippen LogP contribution in [0.15, 0.2) is 47.6 Å². The Morgan fingerprint density at radius 2 is 2.00 bits per heavy atom. The van der Waals surface area contributed by atoms with Gasteiger partial charge in [-0.1, -0.05) is 17.8 Å². The molecule has 0 aliphatic carbocycles. The van der Waals surface area contributed by atoms with Crippen LogP contribution in [0.2, 0.25) is 0 Å². The number of hydrogen-bond acceptors (Lipinski definition) is 3. The molecule has 23 heavy (non-hydrogen) atoms. The monoisotopic (exact) mass is 410 g/mol. The summed E-state index contributed by atoms with van der Waals surface area (Å²) in [6, 6.07) is 8.59. The summed E-state index contributed by atoms with van der Waals surface area (Å²) in [5.41, 5.74) is 1.44. The fourth-order valence-electron chi connectivity index (χ4n) is 1.96. The van der Waals surface area contributed by atoms with Crippen LogP contribution in [-0.2, 0) is 32.7 Å². The van der Waals surface area contributed by atoms with E-state index in [-0.39, 0.29) is 44.3 Å². The average molecular weight is 411 g/mol. The van der Waals surface area contributed by atoms with Crippen molar-refractivity contribution in [2.75, 3.05) is 13.2 Å². The molecule has 1 radical (unpaired) electrons. The molecule has 0 unspecified atom stereocenters. The summed E-state index contributed by atoms with van der Waals surface area (Å²) in [6.45, 7) is 3.16. The van der Waals surface area contributed by atoms with Crippen molar-refractivity contribution in [3.8, 4) is 11.8 Å². The van der Waals surface area contributed by atoms with Gasteiger partial charge in [0.25, 0.3) is 6.43 Å². The molecule has 0 saturated carbocycles. The fourth-order valence-corrected chi connectivity index (χ4v) is 2.12. The zero-order chi connectivity index (χ0) is 16.1. The van der Waals surface area contributed by atoms with Gasteiger partial charge >= 0.3 is 0 Å². The minimum absolute atomic E-state index is 0. The third-order valence-corrected chi connectivity index (χ3v) is 3.29. The van der Waals surface area contributed by atoms with Gasteiger partial charge in [-0.15, -0.1) is 12.1 Å². The first-order valence-electron chi connectivity index (χ1n) is 6.37. The minimum Gasteiger partial charge on any atom is -0.479 e. The average Bonchev–Trinajstić information content (AvgIpc) is 2.50. The van der Waals surface area contributed by atoms with Gasteiger partial charge in [0.15, 0.2) is 6.61 Å². The first-order valence-corrected chi connectivity index (χ1v) is 6.75. The molecule has 2 rings (SSSR count). The van der Waals surface area contributed by atoms with Gasteiger partial charge < -0.3 is 9.64 Å². The molecule has 1 aliphatic heterocycles. The van der Waals surface area contributed by atoms with Crippen LogP contribution in [0.5, 0.6) is 5.75 Å². The largest absolute Gasteiger partial charge is 0.479 e. The van der Waals surface area contributed by atoms with E-state index in [1.807, 2.05) is 6.07 Å². The van der Waals surface area contributed by atoms with E-state index < -0.39 is 13.0 Å². The van der Waals surface area contributed by atoms with Crippen LogP contribution in [-0.4, -0.2) is 24.5 Å². The SMILES string of the molecule is C=C1C(Cl)=C[C-]=C(c2ccc(OCC#N)cc2)N1CC(F)F.[Y]. The van der Waals surface area contributed by atoms with Crippen molar-refractivity contribution in [2.45, 2.75) is 6.43 Å². The first kappa shape index (κ1) is 19.8. The Labute approximate surface area is 163 Å². The quantitative estimate of drug-likeness (QED) is 0.690. The topological polar surface area (TPSA) is 36.3 Å². The fraction of sp³-hybridized carbons (Fsp3) is 0.188. The number of benzene rings is 1. The van der Waals surface area contributed by atoms with Crippen LogP contribution in [0.1, 0.15) is 5.56 Å². The Hall–Kier alpha value is -1.22. The predicted molar refractivity (Wildman–Crippen MR) is 80.0 cm³/mol. The van der Waals surface area contributed by atoms with E-state index >= 15 is 0 Å². The first-order chi connectivity index (χ1) is 10.5. The number of halogens is 3. The molecule has 1 aliphatic rings. The summed E-state index contributed by atoms with van der Waals surface area (Å²) < 4.78 is 30.7. The van der Waals surface area contributed by atoms with Crippen LogP contribution < -0.4 is 4.74 Å². The standard InChI is InChI=1S/C16H12ClF2N2O.Y/c1-11-14(17)6-7-15(21(11)10-16(18)19)12-2-4-13(5-3-12)22-9-8-20;/h2-6,16H,1,9-10H2;/q-1;. The van der Waals surface area contributed by atoms with E-state index in [1.165, 1.54) is 11.0 Å². The Morgan fingerprint density at radius 1 is 1.35 bits per heavy atom. The number of rotatable bonds is 5. The molecule has 117 valence electrons. The summed E-state index contributed by atoms with van der Waals surface area (Å²) in [5, 5.41) is 8.74. The van der Waals surface area contributed by atoms with Gasteiger partial charge in [-0.3, -0.25) is 0 Å². The molecule has 0 amide bonds. The van der Waals surface area contributed by atoms with Gasteiger partial charge in [0.2, 0.25) is 0 Å². The van der Waals surface area contributed by atoms with Crippen LogP contribution in [0, 0.1) is 17.4 Å². The maximum Gasteiger partial charge on any atom is 0.256 e. The minimum atomic E-state index is -2.53. The van der Waals surface area contributed by atoms with E-state index in [0.29, 0.717) is 22.7 Å². The Morgan fingerprint density at radius 3 is 2.57 bits per heavy atom. The molecular weight excluding hydrogens is 399 g/mol. The summed E-state index contributed by atoms with van der Waals surface area (Å²) in [6.07, 6.45) is 1.86. The molecule has 0 atom stereocenters. The molecule has 1 aromatic rings. The molecule has 0 saturated heterocycles. The van der Waals surface area contributed by atoms with Crippen molar-refractivity contribution in [1.29, 1.82) is 5.26 Å². The Balaban J connectivity index is 0.00000264. The molecule has 0 N–H and O–H groups in total. The van der Waals surface area contributed by atoms with Crippen LogP contribution in [0.4, 0.5) is 8.78 Å². The van der Waals surface area contributed by atoms with Crippen molar-refractivity contribution in [3.05, 3.63) is 59.3 Å². The number of alkyl halides is 2. The summed E-state index contributed by atoms with van der Waals surface area (Å²) in [4.78, 5) is 1.33. The van der Waals surface area contributed by atoms with E-state index in [0.717, 1.165) is 0 Å². The van der Waals surface area contributed by atoms with Crippen molar-refractivity contribution in [3.63, 3.8) is 0 Å². The maximum atomic E-state index is 12.8. The van der Waals surface area contributed by atoms with E-state index in [9.17, 15) is 8.78 Å². The van der Waals surface area contributed by atoms with Crippen LogP contribution in [0.3, 0.4) is 0 Å². The zero-order valence-electron chi connectivity index (χ0n) is 12.1. The van der Waals surface area contributed by atoms with Crippen molar-refractivity contribution in [1.82, 2.24) is 4.90 Å². The molecule has 1 aromatic carbocycles. The normalized spacial score (nSPS) is 13.9. The second kappa shape index (κ2) is 9.17. The van der Waals surface area contributed by atoms with E-state index in [4.69, 9.17) is 21.6 Å². The van der Waals surface area contributed by atoms with Gasteiger partial charge in [-0.05, 0) is 22.9 Å².